The number of nitrogens with zero attached hydrogens (tertiary/aromatic N) is 1. The van der Waals surface area contributed by atoms with Gasteiger partial charge in [-0.15, -0.1) is 0 Å². The first kappa shape index (κ1) is 15.5. The minimum absolute atomic E-state index is 0.00404. The van der Waals surface area contributed by atoms with Gasteiger partial charge in [0.2, 0.25) is 5.91 Å². The van der Waals surface area contributed by atoms with E-state index < -0.39 is 4.92 Å². The number of benzene rings is 2. The summed E-state index contributed by atoms with van der Waals surface area (Å²) in [6.07, 6.45) is 2.91. The van der Waals surface area contributed by atoms with Crippen molar-refractivity contribution in [1.29, 1.82) is 0 Å². The van der Waals surface area contributed by atoms with E-state index in [-0.39, 0.29) is 11.6 Å². The Hall–Kier alpha value is -3.41. The number of non-ortho nitro benzene ring substituents is 1. The number of aromatic amines is 1. The number of nitrogens with one attached hydrogen (secondary N) is 2. The van der Waals surface area contributed by atoms with Crippen molar-refractivity contribution in [1.82, 2.24) is 10.3 Å². The van der Waals surface area contributed by atoms with Crippen molar-refractivity contribution in [3.8, 4) is 0 Å². The van der Waals surface area contributed by atoms with Crippen molar-refractivity contribution in [3.63, 3.8) is 0 Å². The fraction of sp³-hybridized carbons (Fsp3) is 0.0556. The zero-order chi connectivity index (χ0) is 16.9. The Morgan fingerprint density at radius 3 is 2.79 bits per heavy atom. The van der Waals surface area contributed by atoms with Gasteiger partial charge in [-0.1, -0.05) is 30.3 Å². The molecule has 0 atom stereocenters. The fourth-order valence-electron chi connectivity index (χ4n) is 2.38. The zero-order valence-electron chi connectivity index (χ0n) is 12.7. The second-order valence-corrected chi connectivity index (χ2v) is 5.29. The van der Waals surface area contributed by atoms with Gasteiger partial charge < -0.3 is 10.3 Å². The lowest BCUT2D eigenvalue weighted by atomic mass is 10.2. The Kier molecular flexibility index (Phi) is 4.38. The molecular formula is C18H15N3O3. The lowest BCUT2D eigenvalue weighted by Crippen LogP contribution is -2.20. The predicted octanol–water partition coefficient (Wildman–Crippen LogP) is 3.41. The molecule has 0 saturated carbocycles. The molecule has 0 unspecified atom stereocenters. The van der Waals surface area contributed by atoms with Crippen LogP contribution in [0.25, 0.3) is 17.0 Å². The van der Waals surface area contributed by atoms with E-state index in [9.17, 15) is 14.9 Å². The van der Waals surface area contributed by atoms with Crippen molar-refractivity contribution in [2.24, 2.45) is 0 Å². The van der Waals surface area contributed by atoms with Gasteiger partial charge in [-0.25, -0.2) is 0 Å². The summed E-state index contributed by atoms with van der Waals surface area (Å²) in [6, 6.07) is 16.0. The summed E-state index contributed by atoms with van der Waals surface area (Å²) in [4.78, 5) is 25.4. The third-order valence-corrected chi connectivity index (χ3v) is 3.55. The molecule has 6 nitrogen and oxygen atoms in total. The van der Waals surface area contributed by atoms with Crippen LogP contribution in [-0.4, -0.2) is 15.8 Å². The average Bonchev–Trinajstić information content (AvgIpc) is 3.01. The van der Waals surface area contributed by atoms with E-state index in [0.29, 0.717) is 12.1 Å². The minimum Gasteiger partial charge on any atom is -0.357 e. The molecule has 0 spiro atoms. The van der Waals surface area contributed by atoms with Crippen LogP contribution in [0.2, 0.25) is 0 Å². The summed E-state index contributed by atoms with van der Waals surface area (Å²) >= 11 is 0. The molecule has 0 saturated heterocycles. The number of fused-ring (bicyclic) bond motifs is 1. The van der Waals surface area contributed by atoms with Crippen molar-refractivity contribution >= 4 is 28.6 Å². The van der Waals surface area contributed by atoms with E-state index in [4.69, 9.17) is 0 Å². The number of nitro groups is 1. The van der Waals surface area contributed by atoms with Crippen LogP contribution in [0.3, 0.4) is 0 Å². The van der Waals surface area contributed by atoms with Gasteiger partial charge in [-0.2, -0.15) is 0 Å². The Morgan fingerprint density at radius 2 is 2.00 bits per heavy atom. The third kappa shape index (κ3) is 3.67. The average molecular weight is 321 g/mol. The molecule has 0 radical (unpaired) electrons. The zero-order valence-corrected chi connectivity index (χ0v) is 12.7. The van der Waals surface area contributed by atoms with Gasteiger partial charge >= 0.3 is 0 Å². The third-order valence-electron chi connectivity index (χ3n) is 3.55. The van der Waals surface area contributed by atoms with Crippen LogP contribution in [0.5, 0.6) is 0 Å². The van der Waals surface area contributed by atoms with Gasteiger partial charge in [0.1, 0.15) is 0 Å². The number of aromatic nitrogens is 1. The molecule has 0 fully saturated rings. The topological polar surface area (TPSA) is 88.0 Å². The summed E-state index contributed by atoms with van der Waals surface area (Å²) in [6.45, 7) is 0.382. The predicted molar refractivity (Wildman–Crippen MR) is 92.3 cm³/mol. The number of carbonyl (C=O) groups excluding carboxylic acids is 1. The number of nitro benzene ring substituents is 1. The first-order chi connectivity index (χ1) is 11.6. The Morgan fingerprint density at radius 1 is 1.17 bits per heavy atom. The molecule has 3 aromatic rings. The summed E-state index contributed by atoms with van der Waals surface area (Å²) in [5, 5.41) is 14.6. The molecule has 120 valence electrons. The fourth-order valence-corrected chi connectivity index (χ4v) is 2.38. The molecule has 3 rings (SSSR count). The van der Waals surface area contributed by atoms with Crippen molar-refractivity contribution < 1.29 is 9.72 Å². The van der Waals surface area contributed by atoms with Gasteiger partial charge in [0, 0.05) is 29.4 Å². The lowest BCUT2D eigenvalue weighted by molar-refractivity contribution is -0.384. The van der Waals surface area contributed by atoms with Crippen LogP contribution < -0.4 is 5.32 Å². The molecule has 24 heavy (non-hydrogen) atoms. The number of H-pyrrole nitrogens is 1. The molecule has 1 heterocycles. The molecule has 2 N–H and O–H groups in total. The van der Waals surface area contributed by atoms with E-state index in [1.165, 1.54) is 18.2 Å². The first-order valence-corrected chi connectivity index (χ1v) is 7.39. The second kappa shape index (κ2) is 6.78. The quantitative estimate of drug-likeness (QED) is 0.429. The van der Waals surface area contributed by atoms with Gasteiger partial charge in [-0.3, -0.25) is 14.9 Å². The number of carbonyl (C=O) groups is 1. The number of para-hydroxylation sites is 1. The smallest absolute Gasteiger partial charge is 0.270 e. The standard InChI is InChI=1S/C18H15N3O3/c22-18(9-8-13-4-3-6-16(10-13)21(23)24)19-12-15-11-14-5-1-2-7-17(14)20-15/h1-11,20H,12H2,(H,19,22). The second-order valence-electron chi connectivity index (χ2n) is 5.29. The van der Waals surface area contributed by atoms with Crippen LogP contribution in [0.15, 0.2) is 60.7 Å². The number of hydrogen-bond acceptors (Lipinski definition) is 3. The van der Waals surface area contributed by atoms with Crippen LogP contribution >= 0.6 is 0 Å². The molecule has 6 heteroatoms. The lowest BCUT2D eigenvalue weighted by Gasteiger charge is -1.99. The molecule has 2 aromatic carbocycles. The highest BCUT2D eigenvalue weighted by molar-refractivity contribution is 5.91. The van der Waals surface area contributed by atoms with Gasteiger partial charge in [0.05, 0.1) is 11.5 Å². The summed E-state index contributed by atoms with van der Waals surface area (Å²) < 4.78 is 0. The molecule has 0 bridgehead atoms. The largest absolute Gasteiger partial charge is 0.357 e. The van der Waals surface area contributed by atoms with E-state index in [2.05, 4.69) is 10.3 Å². The van der Waals surface area contributed by atoms with Crippen LogP contribution in [0.4, 0.5) is 5.69 Å². The first-order valence-electron chi connectivity index (χ1n) is 7.39. The van der Waals surface area contributed by atoms with Gasteiger partial charge in [0.25, 0.3) is 5.69 Å². The molecular weight excluding hydrogens is 306 g/mol. The SMILES string of the molecule is O=C(C=Cc1cccc([N+](=O)[O-])c1)NCc1cc2ccccc2[nH]1. The summed E-state index contributed by atoms with van der Waals surface area (Å²) in [5.74, 6) is -0.264. The van der Waals surface area contributed by atoms with E-state index in [1.807, 2.05) is 30.3 Å². The Balaban J connectivity index is 1.61. The molecule has 0 aliphatic heterocycles. The van der Waals surface area contributed by atoms with Crippen LogP contribution in [0, 0.1) is 10.1 Å². The van der Waals surface area contributed by atoms with Crippen molar-refractivity contribution in [2.75, 3.05) is 0 Å². The molecule has 1 aromatic heterocycles. The van der Waals surface area contributed by atoms with E-state index in [0.717, 1.165) is 16.6 Å². The minimum atomic E-state index is -0.465. The molecule has 0 aliphatic carbocycles. The van der Waals surface area contributed by atoms with Crippen LogP contribution in [-0.2, 0) is 11.3 Å². The van der Waals surface area contributed by atoms with E-state index >= 15 is 0 Å². The highest BCUT2D eigenvalue weighted by atomic mass is 16.6. The maximum atomic E-state index is 11.9. The number of hydrogen-bond donors (Lipinski definition) is 2. The normalized spacial score (nSPS) is 11.0. The van der Waals surface area contributed by atoms with Crippen molar-refractivity contribution in [3.05, 3.63) is 82.0 Å². The monoisotopic (exact) mass is 321 g/mol. The Labute approximate surface area is 138 Å². The maximum absolute atomic E-state index is 11.9. The summed E-state index contributed by atoms with van der Waals surface area (Å²) in [7, 11) is 0. The van der Waals surface area contributed by atoms with Gasteiger partial charge in [-0.05, 0) is 29.2 Å². The molecule has 1 amide bonds. The highest BCUT2D eigenvalue weighted by Gasteiger charge is 2.04. The van der Waals surface area contributed by atoms with Crippen LogP contribution in [0.1, 0.15) is 11.3 Å². The number of amides is 1. The summed E-state index contributed by atoms with van der Waals surface area (Å²) in [5.41, 5.74) is 2.53. The molecule has 0 aliphatic rings. The highest BCUT2D eigenvalue weighted by Crippen LogP contribution is 2.15. The Bertz CT molecular complexity index is 895. The number of rotatable bonds is 5. The van der Waals surface area contributed by atoms with E-state index in [1.54, 1.807) is 18.2 Å². The van der Waals surface area contributed by atoms with Crippen molar-refractivity contribution in [2.45, 2.75) is 6.54 Å². The maximum Gasteiger partial charge on any atom is 0.270 e. The van der Waals surface area contributed by atoms with Gasteiger partial charge in [0.15, 0.2) is 0 Å².